The molecule has 0 aliphatic heterocycles. The molecule has 0 fully saturated rings. The Kier molecular flexibility index (Phi) is 4.84. The summed E-state index contributed by atoms with van der Waals surface area (Å²) in [6, 6.07) is 0. The lowest BCUT2D eigenvalue weighted by atomic mass is 9.77. The highest BCUT2D eigenvalue weighted by Crippen LogP contribution is 2.31. The lowest BCUT2D eigenvalue weighted by molar-refractivity contribution is 0.199. The quantitative estimate of drug-likeness (QED) is 0.628. The lowest BCUT2D eigenvalue weighted by Gasteiger charge is -2.30. The van der Waals surface area contributed by atoms with Crippen LogP contribution in [0.5, 0.6) is 0 Å². The molecule has 1 unspecified atom stereocenters. The van der Waals surface area contributed by atoms with Crippen LogP contribution in [0.1, 0.15) is 40.5 Å². The normalized spacial score (nSPS) is 15.2. The molecule has 0 rings (SSSR count). The van der Waals surface area contributed by atoms with E-state index in [-0.39, 0.29) is 0 Å². The van der Waals surface area contributed by atoms with Gasteiger partial charge in [-0.3, -0.25) is 0 Å². The van der Waals surface area contributed by atoms with Crippen LogP contribution in [-0.2, 0) is 0 Å². The molecule has 0 aliphatic carbocycles. The summed E-state index contributed by atoms with van der Waals surface area (Å²) in [5.74, 6) is 0.861. The third-order valence-electron chi connectivity index (χ3n) is 2.64. The Morgan fingerprint density at radius 3 is 1.92 bits per heavy atom. The Bertz CT molecular complexity index is 111. The zero-order valence-corrected chi connectivity index (χ0v) is 9.65. The maximum atomic E-state index is 2.34. The van der Waals surface area contributed by atoms with Gasteiger partial charge in [-0.2, -0.15) is 0 Å². The SMILES string of the molecule is CCC(CCN(C)C)C(C)(C)C. The number of rotatable bonds is 4. The van der Waals surface area contributed by atoms with Gasteiger partial charge < -0.3 is 4.90 Å². The molecular weight excluding hydrogens is 146 g/mol. The molecule has 0 saturated carbocycles. The van der Waals surface area contributed by atoms with Crippen LogP contribution in [0.3, 0.4) is 0 Å². The molecule has 0 amide bonds. The van der Waals surface area contributed by atoms with E-state index in [0.717, 1.165) is 5.92 Å². The minimum Gasteiger partial charge on any atom is -0.309 e. The third-order valence-corrected chi connectivity index (χ3v) is 2.64. The summed E-state index contributed by atoms with van der Waals surface area (Å²) in [6.45, 7) is 10.5. The van der Waals surface area contributed by atoms with Gasteiger partial charge in [0.25, 0.3) is 0 Å². The monoisotopic (exact) mass is 171 g/mol. The molecule has 0 saturated heterocycles. The molecule has 0 spiro atoms. The molecule has 1 heteroatoms. The van der Waals surface area contributed by atoms with Crippen molar-refractivity contribution in [2.75, 3.05) is 20.6 Å². The summed E-state index contributed by atoms with van der Waals surface area (Å²) in [5, 5.41) is 0. The van der Waals surface area contributed by atoms with Crippen LogP contribution in [0.25, 0.3) is 0 Å². The molecule has 12 heavy (non-hydrogen) atoms. The van der Waals surface area contributed by atoms with Crippen LogP contribution in [-0.4, -0.2) is 25.5 Å². The van der Waals surface area contributed by atoms with Gasteiger partial charge in [0.15, 0.2) is 0 Å². The summed E-state index contributed by atoms with van der Waals surface area (Å²) in [7, 11) is 4.30. The van der Waals surface area contributed by atoms with Crippen LogP contribution >= 0.6 is 0 Å². The van der Waals surface area contributed by atoms with Crippen molar-refractivity contribution in [1.29, 1.82) is 0 Å². The standard InChI is InChI=1S/C11H25N/c1-7-10(11(2,3)4)8-9-12(5)6/h10H,7-9H2,1-6H3. The third kappa shape index (κ3) is 4.76. The molecule has 0 radical (unpaired) electrons. The van der Waals surface area contributed by atoms with Gasteiger partial charge in [0.05, 0.1) is 0 Å². The predicted molar refractivity (Wildman–Crippen MR) is 56.4 cm³/mol. The van der Waals surface area contributed by atoms with E-state index >= 15 is 0 Å². The summed E-state index contributed by atoms with van der Waals surface area (Å²) < 4.78 is 0. The second kappa shape index (κ2) is 4.86. The van der Waals surface area contributed by atoms with Crippen molar-refractivity contribution in [3.05, 3.63) is 0 Å². The highest BCUT2D eigenvalue weighted by molar-refractivity contribution is 4.73. The molecule has 74 valence electrons. The zero-order chi connectivity index (χ0) is 9.78. The van der Waals surface area contributed by atoms with Gasteiger partial charge in [-0.15, -0.1) is 0 Å². The second-order valence-electron chi connectivity index (χ2n) is 5.06. The molecule has 0 heterocycles. The number of hydrogen-bond donors (Lipinski definition) is 0. The first-order valence-corrected chi connectivity index (χ1v) is 5.02. The molecule has 0 N–H and O–H groups in total. The molecule has 0 aromatic carbocycles. The van der Waals surface area contributed by atoms with Crippen LogP contribution in [0.4, 0.5) is 0 Å². The summed E-state index contributed by atoms with van der Waals surface area (Å²) in [5.41, 5.74) is 0.477. The molecular formula is C11H25N. The van der Waals surface area contributed by atoms with E-state index in [4.69, 9.17) is 0 Å². The summed E-state index contributed by atoms with van der Waals surface area (Å²) in [6.07, 6.45) is 2.63. The van der Waals surface area contributed by atoms with Gasteiger partial charge in [-0.25, -0.2) is 0 Å². The van der Waals surface area contributed by atoms with Gasteiger partial charge >= 0.3 is 0 Å². The average molecular weight is 171 g/mol. The van der Waals surface area contributed by atoms with E-state index in [2.05, 4.69) is 46.7 Å². The maximum Gasteiger partial charge on any atom is -0.00220 e. The van der Waals surface area contributed by atoms with Crippen molar-refractivity contribution in [3.8, 4) is 0 Å². The molecule has 1 atom stereocenters. The van der Waals surface area contributed by atoms with Crippen molar-refractivity contribution in [2.24, 2.45) is 11.3 Å². The van der Waals surface area contributed by atoms with Gasteiger partial charge in [0.2, 0.25) is 0 Å². The molecule has 0 aliphatic rings. The van der Waals surface area contributed by atoms with Crippen molar-refractivity contribution in [1.82, 2.24) is 4.90 Å². The average Bonchev–Trinajstić information content (AvgIpc) is 1.85. The first-order valence-electron chi connectivity index (χ1n) is 5.02. The smallest absolute Gasteiger partial charge is 0.00220 e. The highest BCUT2D eigenvalue weighted by Gasteiger charge is 2.22. The largest absolute Gasteiger partial charge is 0.309 e. The maximum absolute atomic E-state index is 2.34. The van der Waals surface area contributed by atoms with E-state index in [1.807, 2.05) is 0 Å². The van der Waals surface area contributed by atoms with E-state index < -0.39 is 0 Å². The van der Waals surface area contributed by atoms with Crippen LogP contribution in [0.2, 0.25) is 0 Å². The molecule has 0 aromatic rings. The first kappa shape index (κ1) is 12.0. The van der Waals surface area contributed by atoms with E-state index in [1.54, 1.807) is 0 Å². The van der Waals surface area contributed by atoms with Gasteiger partial charge in [-0.1, -0.05) is 34.1 Å². The Morgan fingerprint density at radius 1 is 1.17 bits per heavy atom. The Morgan fingerprint density at radius 2 is 1.67 bits per heavy atom. The molecule has 0 bridgehead atoms. The van der Waals surface area contributed by atoms with Crippen molar-refractivity contribution >= 4 is 0 Å². The van der Waals surface area contributed by atoms with Crippen LogP contribution in [0.15, 0.2) is 0 Å². The lowest BCUT2D eigenvalue weighted by Crippen LogP contribution is -2.24. The molecule has 1 nitrogen and oxygen atoms in total. The fourth-order valence-electron chi connectivity index (χ4n) is 1.66. The second-order valence-corrected chi connectivity index (χ2v) is 5.06. The van der Waals surface area contributed by atoms with Gasteiger partial charge in [0, 0.05) is 0 Å². The Hall–Kier alpha value is -0.0400. The Labute approximate surface area is 78.1 Å². The van der Waals surface area contributed by atoms with Crippen molar-refractivity contribution in [2.45, 2.75) is 40.5 Å². The van der Waals surface area contributed by atoms with Crippen LogP contribution < -0.4 is 0 Å². The number of hydrogen-bond acceptors (Lipinski definition) is 1. The van der Waals surface area contributed by atoms with Crippen molar-refractivity contribution < 1.29 is 0 Å². The van der Waals surface area contributed by atoms with Crippen LogP contribution in [0, 0.1) is 11.3 Å². The topological polar surface area (TPSA) is 3.24 Å². The van der Waals surface area contributed by atoms with E-state index in [9.17, 15) is 0 Å². The zero-order valence-electron chi connectivity index (χ0n) is 9.65. The van der Waals surface area contributed by atoms with Gasteiger partial charge in [0.1, 0.15) is 0 Å². The van der Waals surface area contributed by atoms with E-state index in [0.29, 0.717) is 5.41 Å². The fourth-order valence-corrected chi connectivity index (χ4v) is 1.66. The van der Waals surface area contributed by atoms with E-state index in [1.165, 1.54) is 19.4 Å². The predicted octanol–water partition coefficient (Wildman–Crippen LogP) is 3.01. The van der Waals surface area contributed by atoms with Gasteiger partial charge in [-0.05, 0) is 38.4 Å². The summed E-state index contributed by atoms with van der Waals surface area (Å²) in [4.78, 5) is 2.27. The molecule has 0 aromatic heterocycles. The minimum atomic E-state index is 0.477. The highest BCUT2D eigenvalue weighted by atomic mass is 15.0. The number of nitrogens with zero attached hydrogens (tertiary/aromatic N) is 1. The first-order chi connectivity index (χ1) is 5.38. The summed E-state index contributed by atoms with van der Waals surface area (Å²) >= 11 is 0. The minimum absolute atomic E-state index is 0.477. The Balaban J connectivity index is 3.84. The fraction of sp³-hybridized carbons (Fsp3) is 1.00. The van der Waals surface area contributed by atoms with Crippen molar-refractivity contribution in [3.63, 3.8) is 0 Å².